The Balaban J connectivity index is 1.79. The lowest BCUT2D eigenvalue weighted by Crippen LogP contribution is -2.24. The van der Waals surface area contributed by atoms with E-state index >= 15 is 0 Å². The Labute approximate surface area is 136 Å². The number of aromatic nitrogens is 4. The molecule has 0 N–H and O–H groups in total. The van der Waals surface area contributed by atoms with Crippen LogP contribution in [0, 0.1) is 13.8 Å². The standard InChI is InChI=1S/C18H21N5/c1-12-6-7-14(9-13(12)2)16-5-4-8-23(16)18-15-10-21-22(3)17(15)19-11-20-18/h6-7,9-11,16H,4-5,8H2,1-3H3/t16-/m1/s1. The van der Waals surface area contributed by atoms with Crippen LogP contribution in [0.25, 0.3) is 11.0 Å². The van der Waals surface area contributed by atoms with E-state index in [0.717, 1.165) is 29.8 Å². The predicted octanol–water partition coefficient (Wildman–Crippen LogP) is 3.32. The van der Waals surface area contributed by atoms with Gasteiger partial charge >= 0.3 is 0 Å². The highest BCUT2D eigenvalue weighted by atomic mass is 15.3. The Kier molecular flexibility index (Phi) is 3.29. The van der Waals surface area contributed by atoms with Crippen molar-refractivity contribution in [2.24, 2.45) is 7.05 Å². The number of aryl methyl sites for hydroxylation is 3. The molecule has 2 aromatic heterocycles. The highest BCUT2D eigenvalue weighted by Crippen LogP contribution is 2.38. The first-order valence-corrected chi connectivity index (χ1v) is 8.11. The molecule has 0 saturated carbocycles. The van der Waals surface area contributed by atoms with Gasteiger partial charge in [-0.3, -0.25) is 4.68 Å². The fourth-order valence-corrected chi connectivity index (χ4v) is 3.52. The van der Waals surface area contributed by atoms with Crippen LogP contribution < -0.4 is 4.90 Å². The van der Waals surface area contributed by atoms with Gasteiger partial charge in [0.15, 0.2) is 5.65 Å². The number of hydrogen-bond acceptors (Lipinski definition) is 4. The van der Waals surface area contributed by atoms with Gasteiger partial charge in [-0.25, -0.2) is 9.97 Å². The number of anilines is 1. The predicted molar refractivity (Wildman–Crippen MR) is 91.5 cm³/mol. The van der Waals surface area contributed by atoms with Crippen molar-refractivity contribution in [1.82, 2.24) is 19.7 Å². The van der Waals surface area contributed by atoms with Crippen molar-refractivity contribution in [3.8, 4) is 0 Å². The first-order valence-electron chi connectivity index (χ1n) is 8.11. The van der Waals surface area contributed by atoms with Gasteiger partial charge in [-0.05, 0) is 43.4 Å². The Morgan fingerprint density at radius 2 is 2.00 bits per heavy atom. The maximum Gasteiger partial charge on any atom is 0.163 e. The van der Waals surface area contributed by atoms with Crippen molar-refractivity contribution < 1.29 is 0 Å². The summed E-state index contributed by atoms with van der Waals surface area (Å²) in [7, 11) is 1.92. The van der Waals surface area contributed by atoms with Crippen LogP contribution >= 0.6 is 0 Å². The van der Waals surface area contributed by atoms with E-state index in [2.05, 4.69) is 52.0 Å². The van der Waals surface area contributed by atoms with Crippen molar-refractivity contribution in [1.29, 1.82) is 0 Å². The van der Waals surface area contributed by atoms with Crippen LogP contribution in [0.2, 0.25) is 0 Å². The molecule has 118 valence electrons. The normalized spacial score (nSPS) is 18.0. The van der Waals surface area contributed by atoms with Gasteiger partial charge in [-0.15, -0.1) is 0 Å². The minimum atomic E-state index is 0.382. The van der Waals surface area contributed by atoms with Gasteiger partial charge < -0.3 is 4.90 Å². The number of hydrogen-bond donors (Lipinski definition) is 0. The first-order chi connectivity index (χ1) is 11.1. The largest absolute Gasteiger partial charge is 0.349 e. The van der Waals surface area contributed by atoms with Crippen molar-refractivity contribution in [2.45, 2.75) is 32.7 Å². The maximum atomic E-state index is 4.58. The van der Waals surface area contributed by atoms with Crippen LogP contribution in [0.3, 0.4) is 0 Å². The van der Waals surface area contributed by atoms with Crippen molar-refractivity contribution in [2.75, 3.05) is 11.4 Å². The molecule has 1 atom stereocenters. The molecule has 0 spiro atoms. The number of nitrogens with zero attached hydrogens (tertiary/aromatic N) is 5. The van der Waals surface area contributed by atoms with Crippen LogP contribution in [-0.4, -0.2) is 26.3 Å². The lowest BCUT2D eigenvalue weighted by atomic mass is 9.99. The van der Waals surface area contributed by atoms with E-state index in [1.165, 1.54) is 23.1 Å². The summed E-state index contributed by atoms with van der Waals surface area (Å²) in [5.74, 6) is 1.00. The molecule has 1 aliphatic rings. The Morgan fingerprint density at radius 3 is 2.83 bits per heavy atom. The third kappa shape index (κ3) is 2.27. The summed E-state index contributed by atoms with van der Waals surface area (Å²) in [5, 5.41) is 5.37. The fraction of sp³-hybridized carbons (Fsp3) is 0.389. The van der Waals surface area contributed by atoms with E-state index in [9.17, 15) is 0 Å². The van der Waals surface area contributed by atoms with E-state index < -0.39 is 0 Å². The molecule has 3 aromatic rings. The summed E-state index contributed by atoms with van der Waals surface area (Å²) in [4.78, 5) is 11.4. The maximum absolute atomic E-state index is 4.58. The van der Waals surface area contributed by atoms with Gasteiger partial charge in [-0.2, -0.15) is 5.10 Å². The van der Waals surface area contributed by atoms with Gasteiger partial charge in [0, 0.05) is 13.6 Å². The average molecular weight is 307 g/mol. The van der Waals surface area contributed by atoms with E-state index in [-0.39, 0.29) is 0 Å². The van der Waals surface area contributed by atoms with Crippen LogP contribution in [-0.2, 0) is 7.05 Å². The number of rotatable bonds is 2. The molecule has 23 heavy (non-hydrogen) atoms. The first kappa shape index (κ1) is 14.2. The molecule has 4 rings (SSSR count). The molecule has 0 amide bonds. The third-order valence-electron chi connectivity index (χ3n) is 4.95. The fourth-order valence-electron chi connectivity index (χ4n) is 3.52. The van der Waals surface area contributed by atoms with E-state index in [1.807, 2.05) is 17.9 Å². The molecule has 1 aliphatic heterocycles. The molecule has 5 nitrogen and oxygen atoms in total. The van der Waals surface area contributed by atoms with Crippen molar-refractivity contribution >= 4 is 16.9 Å². The number of fused-ring (bicyclic) bond motifs is 1. The van der Waals surface area contributed by atoms with Crippen LogP contribution in [0.15, 0.2) is 30.7 Å². The van der Waals surface area contributed by atoms with Gasteiger partial charge in [-0.1, -0.05) is 18.2 Å². The second-order valence-electron chi connectivity index (χ2n) is 6.40. The lowest BCUT2D eigenvalue weighted by Gasteiger charge is -2.27. The minimum absolute atomic E-state index is 0.382. The monoisotopic (exact) mass is 307 g/mol. The highest BCUT2D eigenvalue weighted by Gasteiger charge is 2.29. The number of benzene rings is 1. The molecular weight excluding hydrogens is 286 g/mol. The Bertz CT molecular complexity index is 867. The van der Waals surface area contributed by atoms with Crippen LogP contribution in [0.5, 0.6) is 0 Å². The molecule has 1 fully saturated rings. The Hall–Kier alpha value is -2.43. The second kappa shape index (κ2) is 5.33. The molecule has 5 heteroatoms. The quantitative estimate of drug-likeness (QED) is 0.728. The zero-order chi connectivity index (χ0) is 16.0. The molecule has 0 unspecified atom stereocenters. The van der Waals surface area contributed by atoms with Gasteiger partial charge in [0.2, 0.25) is 0 Å². The van der Waals surface area contributed by atoms with Crippen LogP contribution in [0.4, 0.5) is 5.82 Å². The van der Waals surface area contributed by atoms with E-state index in [1.54, 1.807) is 6.33 Å². The van der Waals surface area contributed by atoms with Gasteiger partial charge in [0.25, 0.3) is 0 Å². The summed E-state index contributed by atoms with van der Waals surface area (Å²) in [6.45, 7) is 5.37. The second-order valence-corrected chi connectivity index (χ2v) is 6.40. The molecular formula is C18H21N5. The summed E-state index contributed by atoms with van der Waals surface area (Å²) in [6.07, 6.45) is 5.87. The highest BCUT2D eigenvalue weighted by molar-refractivity contribution is 5.87. The SMILES string of the molecule is Cc1ccc([C@H]2CCCN2c2ncnc3c2cnn3C)cc1C. The van der Waals surface area contributed by atoms with Gasteiger partial charge in [0.1, 0.15) is 12.1 Å². The molecule has 0 bridgehead atoms. The zero-order valence-electron chi connectivity index (χ0n) is 13.8. The molecule has 0 aliphatic carbocycles. The summed E-state index contributed by atoms with van der Waals surface area (Å²) in [5.41, 5.74) is 4.96. The van der Waals surface area contributed by atoms with Crippen molar-refractivity contribution in [3.63, 3.8) is 0 Å². The summed E-state index contributed by atoms with van der Waals surface area (Å²) < 4.78 is 1.81. The minimum Gasteiger partial charge on any atom is -0.349 e. The Morgan fingerprint density at radius 1 is 1.13 bits per heavy atom. The molecule has 1 saturated heterocycles. The lowest BCUT2D eigenvalue weighted by molar-refractivity contribution is 0.712. The molecule has 1 aromatic carbocycles. The summed E-state index contributed by atoms with van der Waals surface area (Å²) in [6, 6.07) is 7.18. The van der Waals surface area contributed by atoms with Crippen molar-refractivity contribution in [3.05, 3.63) is 47.4 Å². The van der Waals surface area contributed by atoms with Gasteiger partial charge in [0.05, 0.1) is 17.6 Å². The average Bonchev–Trinajstić information content (AvgIpc) is 3.17. The third-order valence-corrected chi connectivity index (χ3v) is 4.95. The zero-order valence-corrected chi connectivity index (χ0v) is 13.8. The topological polar surface area (TPSA) is 46.8 Å². The molecule has 3 heterocycles. The van der Waals surface area contributed by atoms with E-state index in [4.69, 9.17) is 0 Å². The smallest absolute Gasteiger partial charge is 0.163 e. The van der Waals surface area contributed by atoms with Crippen LogP contribution in [0.1, 0.15) is 35.6 Å². The van der Waals surface area contributed by atoms with E-state index in [0.29, 0.717) is 6.04 Å². The summed E-state index contributed by atoms with van der Waals surface area (Å²) >= 11 is 0. The molecule has 0 radical (unpaired) electrons.